The average molecular weight is 286 g/mol. The molecular formula is C17H22N2O2. The zero-order valence-electron chi connectivity index (χ0n) is 12.5. The third-order valence-corrected chi connectivity index (χ3v) is 3.65. The SMILES string of the molecule is COc1ccc(C#CCN)cc1CN1CCCCCC1=O. The van der Waals surface area contributed by atoms with Crippen molar-refractivity contribution in [2.75, 3.05) is 20.2 Å². The molecule has 0 bridgehead atoms. The van der Waals surface area contributed by atoms with Crippen LogP contribution in [0.25, 0.3) is 0 Å². The monoisotopic (exact) mass is 286 g/mol. The number of benzene rings is 1. The van der Waals surface area contributed by atoms with Gasteiger partial charge in [-0.2, -0.15) is 0 Å². The van der Waals surface area contributed by atoms with Gasteiger partial charge in [-0.15, -0.1) is 0 Å². The van der Waals surface area contributed by atoms with Gasteiger partial charge in [0.05, 0.1) is 13.7 Å². The van der Waals surface area contributed by atoms with Crippen LogP contribution >= 0.6 is 0 Å². The summed E-state index contributed by atoms with van der Waals surface area (Å²) in [5.74, 6) is 6.90. The van der Waals surface area contributed by atoms with Gasteiger partial charge in [0.15, 0.2) is 0 Å². The Bertz CT molecular complexity index is 558. The fourth-order valence-corrected chi connectivity index (χ4v) is 2.54. The molecule has 4 nitrogen and oxygen atoms in total. The average Bonchev–Trinajstić information content (AvgIpc) is 2.70. The predicted molar refractivity (Wildman–Crippen MR) is 82.8 cm³/mol. The van der Waals surface area contributed by atoms with Crippen LogP contribution in [-0.4, -0.2) is 31.0 Å². The molecule has 21 heavy (non-hydrogen) atoms. The Kier molecular flexibility index (Phi) is 5.65. The van der Waals surface area contributed by atoms with Crippen molar-refractivity contribution in [2.45, 2.75) is 32.2 Å². The molecule has 1 fully saturated rings. The Morgan fingerprint density at radius 2 is 2.19 bits per heavy atom. The smallest absolute Gasteiger partial charge is 0.222 e. The predicted octanol–water partition coefficient (Wildman–Crippen LogP) is 1.91. The zero-order valence-corrected chi connectivity index (χ0v) is 12.5. The first-order valence-electron chi connectivity index (χ1n) is 7.38. The Balaban J connectivity index is 2.21. The van der Waals surface area contributed by atoms with E-state index in [1.807, 2.05) is 23.1 Å². The summed E-state index contributed by atoms with van der Waals surface area (Å²) in [6.07, 6.45) is 3.84. The molecule has 1 aliphatic heterocycles. The fourth-order valence-electron chi connectivity index (χ4n) is 2.54. The lowest BCUT2D eigenvalue weighted by Gasteiger charge is -2.22. The van der Waals surface area contributed by atoms with E-state index >= 15 is 0 Å². The summed E-state index contributed by atoms with van der Waals surface area (Å²) < 4.78 is 5.40. The molecule has 0 unspecified atom stereocenters. The van der Waals surface area contributed by atoms with Crippen LogP contribution in [0.15, 0.2) is 18.2 Å². The van der Waals surface area contributed by atoms with E-state index in [4.69, 9.17) is 10.5 Å². The molecule has 1 aromatic rings. The number of hydrogen-bond donors (Lipinski definition) is 1. The van der Waals surface area contributed by atoms with Crippen molar-refractivity contribution in [3.63, 3.8) is 0 Å². The second-order valence-electron chi connectivity index (χ2n) is 5.16. The van der Waals surface area contributed by atoms with Crippen molar-refractivity contribution in [3.05, 3.63) is 29.3 Å². The molecule has 1 aromatic carbocycles. The van der Waals surface area contributed by atoms with Gasteiger partial charge < -0.3 is 15.4 Å². The van der Waals surface area contributed by atoms with Crippen LogP contribution in [0.2, 0.25) is 0 Å². The normalized spacial score (nSPS) is 15.1. The maximum atomic E-state index is 12.1. The molecule has 112 valence electrons. The number of rotatable bonds is 3. The molecule has 0 spiro atoms. The highest BCUT2D eigenvalue weighted by atomic mass is 16.5. The molecule has 1 amide bonds. The largest absolute Gasteiger partial charge is 0.496 e. The van der Waals surface area contributed by atoms with Gasteiger partial charge in [-0.05, 0) is 31.0 Å². The molecule has 0 aliphatic carbocycles. The van der Waals surface area contributed by atoms with E-state index in [2.05, 4.69) is 11.8 Å². The minimum atomic E-state index is 0.230. The van der Waals surface area contributed by atoms with E-state index < -0.39 is 0 Å². The van der Waals surface area contributed by atoms with Crippen LogP contribution in [0.5, 0.6) is 5.75 Å². The molecule has 0 radical (unpaired) electrons. The Morgan fingerprint density at radius 3 is 2.95 bits per heavy atom. The van der Waals surface area contributed by atoms with Gasteiger partial charge in [-0.3, -0.25) is 4.79 Å². The highest BCUT2D eigenvalue weighted by Crippen LogP contribution is 2.23. The van der Waals surface area contributed by atoms with Crippen molar-refractivity contribution in [1.82, 2.24) is 4.90 Å². The summed E-state index contributed by atoms with van der Waals surface area (Å²) in [6, 6.07) is 5.80. The maximum Gasteiger partial charge on any atom is 0.222 e. The molecular weight excluding hydrogens is 264 g/mol. The number of ether oxygens (including phenoxy) is 1. The highest BCUT2D eigenvalue weighted by Gasteiger charge is 2.18. The number of carbonyl (C=O) groups is 1. The molecule has 0 aromatic heterocycles. The standard InChI is InChI=1S/C17H22N2O2/c1-21-16-9-8-14(6-5-10-18)12-15(16)13-19-11-4-2-3-7-17(19)20/h8-9,12H,2-4,7,10-11,13,18H2,1H3. The number of likely N-dealkylation sites (tertiary alicyclic amines) is 1. The number of methoxy groups -OCH3 is 1. The molecule has 1 saturated heterocycles. The lowest BCUT2D eigenvalue weighted by molar-refractivity contribution is -0.131. The van der Waals surface area contributed by atoms with Crippen LogP contribution in [0.1, 0.15) is 36.8 Å². The van der Waals surface area contributed by atoms with E-state index in [1.54, 1.807) is 7.11 Å². The molecule has 1 aliphatic rings. The summed E-state index contributed by atoms with van der Waals surface area (Å²) in [5.41, 5.74) is 7.30. The van der Waals surface area contributed by atoms with Gasteiger partial charge >= 0.3 is 0 Å². The van der Waals surface area contributed by atoms with Gasteiger partial charge in [0.2, 0.25) is 5.91 Å². The third-order valence-electron chi connectivity index (χ3n) is 3.65. The van der Waals surface area contributed by atoms with E-state index in [-0.39, 0.29) is 5.91 Å². The summed E-state index contributed by atoms with van der Waals surface area (Å²) in [5, 5.41) is 0. The van der Waals surface area contributed by atoms with E-state index in [0.717, 1.165) is 42.7 Å². The van der Waals surface area contributed by atoms with Crippen LogP contribution in [0.3, 0.4) is 0 Å². The molecule has 0 saturated carbocycles. The quantitative estimate of drug-likeness (QED) is 0.864. The van der Waals surface area contributed by atoms with Crippen molar-refractivity contribution < 1.29 is 9.53 Å². The van der Waals surface area contributed by atoms with Gasteiger partial charge in [0.25, 0.3) is 0 Å². The highest BCUT2D eigenvalue weighted by molar-refractivity contribution is 5.76. The van der Waals surface area contributed by atoms with Gasteiger partial charge in [-0.25, -0.2) is 0 Å². The Hall–Kier alpha value is -1.99. The first kappa shape index (κ1) is 15.4. The minimum Gasteiger partial charge on any atom is -0.496 e. The minimum absolute atomic E-state index is 0.230. The first-order valence-corrected chi connectivity index (χ1v) is 7.38. The summed E-state index contributed by atoms with van der Waals surface area (Å²) in [7, 11) is 1.65. The van der Waals surface area contributed by atoms with E-state index in [1.165, 1.54) is 0 Å². The van der Waals surface area contributed by atoms with Crippen molar-refractivity contribution in [1.29, 1.82) is 0 Å². The van der Waals surface area contributed by atoms with Crippen LogP contribution < -0.4 is 10.5 Å². The van der Waals surface area contributed by atoms with Gasteiger partial charge in [-0.1, -0.05) is 18.3 Å². The van der Waals surface area contributed by atoms with Crippen molar-refractivity contribution in [3.8, 4) is 17.6 Å². The van der Waals surface area contributed by atoms with Crippen LogP contribution in [0.4, 0.5) is 0 Å². The van der Waals surface area contributed by atoms with Crippen LogP contribution in [-0.2, 0) is 11.3 Å². The molecule has 1 heterocycles. The number of hydrogen-bond acceptors (Lipinski definition) is 3. The maximum absolute atomic E-state index is 12.1. The fraction of sp³-hybridized carbons (Fsp3) is 0.471. The lowest BCUT2D eigenvalue weighted by Crippen LogP contribution is -2.29. The summed E-state index contributed by atoms with van der Waals surface area (Å²) in [4.78, 5) is 14.0. The zero-order chi connectivity index (χ0) is 15.1. The molecule has 2 rings (SSSR count). The Labute approximate surface area is 126 Å². The number of amides is 1. The second kappa shape index (κ2) is 7.70. The van der Waals surface area contributed by atoms with Crippen molar-refractivity contribution in [2.24, 2.45) is 5.73 Å². The van der Waals surface area contributed by atoms with Crippen molar-refractivity contribution >= 4 is 5.91 Å². The van der Waals surface area contributed by atoms with Gasteiger partial charge in [0.1, 0.15) is 5.75 Å². The molecule has 0 atom stereocenters. The third kappa shape index (κ3) is 4.24. The lowest BCUT2D eigenvalue weighted by atomic mass is 10.1. The van der Waals surface area contributed by atoms with Crippen LogP contribution in [0, 0.1) is 11.8 Å². The second-order valence-corrected chi connectivity index (χ2v) is 5.16. The molecule has 2 N–H and O–H groups in total. The number of nitrogens with two attached hydrogens (primary N) is 1. The summed E-state index contributed by atoms with van der Waals surface area (Å²) in [6.45, 7) is 1.74. The van der Waals surface area contributed by atoms with E-state index in [0.29, 0.717) is 19.5 Å². The molecule has 4 heteroatoms. The number of nitrogens with zero attached hydrogens (tertiary/aromatic N) is 1. The Morgan fingerprint density at radius 1 is 1.33 bits per heavy atom. The topological polar surface area (TPSA) is 55.6 Å². The first-order chi connectivity index (χ1) is 10.2. The van der Waals surface area contributed by atoms with Gasteiger partial charge in [0, 0.05) is 30.6 Å². The van der Waals surface area contributed by atoms with E-state index in [9.17, 15) is 4.79 Å². The summed E-state index contributed by atoms with van der Waals surface area (Å²) >= 11 is 0. The number of carbonyl (C=O) groups excluding carboxylic acids is 1.